The number of rotatable bonds is 6. The van der Waals surface area contributed by atoms with E-state index >= 15 is 0 Å². The first-order valence-electron chi connectivity index (χ1n) is 17.1. The minimum Gasteiger partial charge on any atom is -0.208 e. The van der Waals surface area contributed by atoms with Crippen molar-refractivity contribution in [1.82, 2.24) is 29.9 Å². The number of hydrogen-bond acceptors (Lipinski definition) is 6. The lowest BCUT2D eigenvalue weighted by molar-refractivity contribution is 0.660. The van der Waals surface area contributed by atoms with Gasteiger partial charge in [-0.05, 0) is 34.4 Å². The number of benzene rings is 6. The summed E-state index contributed by atoms with van der Waals surface area (Å²) in [4.78, 5) is 29.8. The third-order valence-corrected chi connectivity index (χ3v) is 9.59. The summed E-state index contributed by atoms with van der Waals surface area (Å²) in [6, 6.07) is 53.5. The van der Waals surface area contributed by atoms with E-state index in [-0.39, 0.29) is 5.41 Å². The predicted octanol–water partition coefficient (Wildman–Crippen LogP) is 10.4. The van der Waals surface area contributed by atoms with Gasteiger partial charge in [0.1, 0.15) is 0 Å². The molecule has 0 aliphatic heterocycles. The van der Waals surface area contributed by atoms with Crippen molar-refractivity contribution in [3.8, 4) is 79.5 Å². The van der Waals surface area contributed by atoms with Crippen LogP contribution in [0.4, 0.5) is 0 Å². The van der Waals surface area contributed by atoms with Crippen LogP contribution in [-0.4, -0.2) is 29.9 Å². The predicted molar refractivity (Wildman–Crippen MR) is 203 cm³/mol. The molecule has 0 N–H and O–H groups in total. The number of nitrogens with zero attached hydrogens (tertiary/aromatic N) is 6. The highest BCUT2D eigenvalue weighted by molar-refractivity contribution is 5.85. The molecule has 1 aliphatic carbocycles. The van der Waals surface area contributed by atoms with Crippen LogP contribution in [0.15, 0.2) is 158 Å². The molecule has 0 saturated heterocycles. The highest BCUT2D eigenvalue weighted by Gasteiger charge is 2.36. The van der Waals surface area contributed by atoms with E-state index in [0.717, 1.165) is 33.4 Å². The third-order valence-electron chi connectivity index (χ3n) is 9.59. The highest BCUT2D eigenvalue weighted by Crippen LogP contribution is 2.50. The molecule has 0 atom stereocenters. The molecule has 0 spiro atoms. The van der Waals surface area contributed by atoms with Crippen LogP contribution < -0.4 is 0 Å². The van der Waals surface area contributed by atoms with Crippen molar-refractivity contribution in [2.24, 2.45) is 0 Å². The fourth-order valence-electron chi connectivity index (χ4n) is 6.89. The van der Waals surface area contributed by atoms with Gasteiger partial charge in [0.05, 0.1) is 0 Å². The zero-order valence-corrected chi connectivity index (χ0v) is 28.2. The van der Waals surface area contributed by atoms with Crippen LogP contribution in [0.5, 0.6) is 0 Å². The van der Waals surface area contributed by atoms with E-state index in [1.54, 1.807) is 0 Å². The smallest absolute Gasteiger partial charge is 0.164 e. The van der Waals surface area contributed by atoms with E-state index in [2.05, 4.69) is 50.2 Å². The van der Waals surface area contributed by atoms with Crippen LogP contribution in [-0.2, 0) is 5.41 Å². The Labute approximate surface area is 296 Å². The third kappa shape index (κ3) is 5.57. The molecular weight excluding hydrogens is 625 g/mol. The molecule has 1 aliphatic rings. The van der Waals surface area contributed by atoms with E-state index in [1.165, 1.54) is 22.3 Å². The van der Waals surface area contributed by atoms with Crippen molar-refractivity contribution in [3.63, 3.8) is 0 Å². The van der Waals surface area contributed by atoms with Crippen LogP contribution in [0.2, 0.25) is 0 Å². The Morgan fingerprint density at radius 3 is 0.824 bits per heavy atom. The van der Waals surface area contributed by atoms with Crippen molar-refractivity contribution in [3.05, 3.63) is 169 Å². The molecule has 0 saturated carbocycles. The standard InChI is InChI=1S/C45H32N6/c1-45(2)37-27-33(43-48-39(29-15-7-3-8-16-29)46-40(49-43)30-17-9-4-10-18-30)23-25-35(37)36-26-24-34(28-38(36)45)44-50-41(31-19-11-5-12-20-31)47-42(51-44)32-21-13-6-14-22-32/h3-28H,1-2H3. The average molecular weight is 657 g/mol. The van der Waals surface area contributed by atoms with Gasteiger partial charge in [-0.15, -0.1) is 0 Å². The van der Waals surface area contributed by atoms with Crippen molar-refractivity contribution in [2.45, 2.75) is 19.3 Å². The molecule has 0 fully saturated rings. The maximum Gasteiger partial charge on any atom is 0.164 e. The molecule has 8 aromatic rings. The maximum atomic E-state index is 5.00. The molecule has 51 heavy (non-hydrogen) atoms. The molecule has 6 aromatic carbocycles. The van der Waals surface area contributed by atoms with Crippen molar-refractivity contribution in [2.75, 3.05) is 0 Å². The number of aromatic nitrogens is 6. The van der Waals surface area contributed by atoms with Crippen LogP contribution in [0.3, 0.4) is 0 Å². The molecule has 0 radical (unpaired) electrons. The van der Waals surface area contributed by atoms with Gasteiger partial charge in [0.2, 0.25) is 0 Å². The second-order valence-corrected chi connectivity index (χ2v) is 13.2. The van der Waals surface area contributed by atoms with Crippen molar-refractivity contribution < 1.29 is 0 Å². The van der Waals surface area contributed by atoms with Gasteiger partial charge >= 0.3 is 0 Å². The van der Waals surface area contributed by atoms with E-state index in [1.807, 2.05) is 121 Å². The molecule has 9 rings (SSSR count). The van der Waals surface area contributed by atoms with Crippen molar-refractivity contribution >= 4 is 0 Å². The van der Waals surface area contributed by atoms with E-state index in [0.29, 0.717) is 34.9 Å². The minimum absolute atomic E-state index is 0.300. The zero-order valence-electron chi connectivity index (χ0n) is 28.2. The number of hydrogen-bond donors (Lipinski definition) is 0. The molecule has 0 bridgehead atoms. The number of fused-ring (bicyclic) bond motifs is 3. The largest absolute Gasteiger partial charge is 0.208 e. The lowest BCUT2D eigenvalue weighted by Crippen LogP contribution is -2.15. The molecule has 242 valence electrons. The summed E-state index contributed by atoms with van der Waals surface area (Å²) >= 11 is 0. The molecule has 2 heterocycles. The highest BCUT2D eigenvalue weighted by atomic mass is 15.0. The second-order valence-electron chi connectivity index (χ2n) is 13.2. The van der Waals surface area contributed by atoms with Crippen molar-refractivity contribution in [1.29, 1.82) is 0 Å². The lowest BCUT2D eigenvalue weighted by Gasteiger charge is -2.22. The first kappa shape index (κ1) is 30.4. The molecule has 6 nitrogen and oxygen atoms in total. The van der Waals surface area contributed by atoms with Gasteiger partial charge in [0.15, 0.2) is 34.9 Å². The minimum atomic E-state index is -0.300. The Balaban J connectivity index is 1.14. The van der Waals surface area contributed by atoms with Gasteiger partial charge in [-0.1, -0.05) is 159 Å². The second kappa shape index (κ2) is 12.3. The van der Waals surface area contributed by atoms with Crippen LogP contribution in [0, 0.1) is 0 Å². The van der Waals surface area contributed by atoms with Gasteiger partial charge in [-0.2, -0.15) is 0 Å². The summed E-state index contributed by atoms with van der Waals surface area (Å²) < 4.78 is 0. The average Bonchev–Trinajstić information content (AvgIpc) is 3.43. The van der Waals surface area contributed by atoms with E-state index in [4.69, 9.17) is 29.9 Å². The summed E-state index contributed by atoms with van der Waals surface area (Å²) in [5.41, 5.74) is 10.2. The van der Waals surface area contributed by atoms with Crippen LogP contribution >= 0.6 is 0 Å². The fourth-order valence-corrected chi connectivity index (χ4v) is 6.89. The quantitative estimate of drug-likeness (QED) is 0.177. The van der Waals surface area contributed by atoms with E-state index in [9.17, 15) is 0 Å². The normalized spacial score (nSPS) is 12.7. The Morgan fingerprint density at radius 2 is 0.549 bits per heavy atom. The summed E-state index contributed by atoms with van der Waals surface area (Å²) in [6.45, 7) is 4.56. The molecule has 0 unspecified atom stereocenters. The molecule has 2 aromatic heterocycles. The first-order chi connectivity index (χ1) is 25.0. The van der Waals surface area contributed by atoms with E-state index < -0.39 is 0 Å². The van der Waals surface area contributed by atoms with Gasteiger partial charge in [0.25, 0.3) is 0 Å². The maximum absolute atomic E-state index is 5.00. The molecule has 6 heteroatoms. The van der Waals surface area contributed by atoms with Gasteiger partial charge in [-0.3, -0.25) is 0 Å². The van der Waals surface area contributed by atoms with Gasteiger partial charge < -0.3 is 0 Å². The first-order valence-corrected chi connectivity index (χ1v) is 17.1. The van der Waals surface area contributed by atoms with Gasteiger partial charge in [-0.25, -0.2) is 29.9 Å². The Morgan fingerprint density at radius 1 is 0.294 bits per heavy atom. The van der Waals surface area contributed by atoms with Crippen LogP contribution in [0.1, 0.15) is 25.0 Å². The summed E-state index contributed by atoms with van der Waals surface area (Å²) in [5, 5.41) is 0. The Hall–Kier alpha value is -6.66. The SMILES string of the molecule is CC1(C)c2cc(-c3nc(-c4ccccc4)nc(-c4ccccc4)n3)ccc2-c2ccc(-c3nc(-c4ccccc4)nc(-c4ccccc4)n3)cc21. The summed E-state index contributed by atoms with van der Waals surface area (Å²) in [7, 11) is 0. The molecular formula is C45H32N6. The van der Waals surface area contributed by atoms with Crippen LogP contribution in [0.25, 0.3) is 79.5 Å². The summed E-state index contributed by atoms with van der Waals surface area (Å²) in [6.07, 6.45) is 0. The molecule has 0 amide bonds. The lowest BCUT2D eigenvalue weighted by atomic mass is 9.81. The monoisotopic (exact) mass is 656 g/mol. The summed E-state index contributed by atoms with van der Waals surface area (Å²) in [5.74, 6) is 3.88. The van der Waals surface area contributed by atoms with Gasteiger partial charge in [0, 0.05) is 38.8 Å². The Kier molecular flexibility index (Phi) is 7.36. The fraction of sp³-hybridized carbons (Fsp3) is 0.0667. The zero-order chi connectivity index (χ0) is 34.4. The topological polar surface area (TPSA) is 77.3 Å². The Bertz CT molecular complexity index is 2240.